The first kappa shape index (κ1) is 14.7. The number of methoxy groups -OCH3 is 2. The van der Waals surface area contributed by atoms with Crippen molar-refractivity contribution in [3.63, 3.8) is 0 Å². The van der Waals surface area contributed by atoms with Crippen molar-refractivity contribution in [3.8, 4) is 0 Å². The van der Waals surface area contributed by atoms with Gasteiger partial charge in [0, 0.05) is 0 Å². The topological polar surface area (TPSA) is 83.5 Å². The molecule has 3 rings (SSSR count). The van der Waals surface area contributed by atoms with Gasteiger partial charge in [0.2, 0.25) is 0 Å². The van der Waals surface area contributed by atoms with E-state index in [-0.39, 0.29) is 12.2 Å². The van der Waals surface area contributed by atoms with Gasteiger partial charge in [-0.3, -0.25) is 9.63 Å². The molecule has 0 aromatic carbocycles. The maximum Gasteiger partial charge on any atom is 0.338 e. The van der Waals surface area contributed by atoms with Gasteiger partial charge in [-0.1, -0.05) is 0 Å². The lowest BCUT2D eigenvalue weighted by atomic mass is 9.91. The van der Waals surface area contributed by atoms with Gasteiger partial charge in [0.25, 0.3) is 0 Å². The normalized spacial score (nSPS) is 40.7. The molecule has 8 nitrogen and oxygen atoms in total. The summed E-state index contributed by atoms with van der Waals surface area (Å²) in [5.41, 5.74) is 0. The maximum atomic E-state index is 12.1. The molecule has 0 saturated carbocycles. The molecule has 0 radical (unpaired) electrons. The van der Waals surface area contributed by atoms with E-state index in [4.69, 9.17) is 23.8 Å². The maximum absolute atomic E-state index is 12.1. The van der Waals surface area contributed by atoms with Crippen LogP contribution in [0.15, 0.2) is 0 Å². The summed E-state index contributed by atoms with van der Waals surface area (Å²) in [6, 6.07) is -0.423. The Morgan fingerprint density at radius 3 is 2.43 bits per heavy atom. The molecule has 0 amide bonds. The molecular weight excluding hydrogens is 282 g/mol. The minimum Gasteiger partial charge on any atom is -0.469 e. The number of rotatable bonds is 2. The van der Waals surface area contributed by atoms with Crippen molar-refractivity contribution in [1.82, 2.24) is 5.06 Å². The predicted molar refractivity (Wildman–Crippen MR) is 66.7 cm³/mol. The second-order valence-corrected chi connectivity index (χ2v) is 5.83. The van der Waals surface area contributed by atoms with E-state index in [9.17, 15) is 9.59 Å². The van der Waals surface area contributed by atoms with Gasteiger partial charge < -0.3 is 18.9 Å². The number of hydrogen-bond acceptors (Lipinski definition) is 8. The molecule has 3 saturated heterocycles. The van der Waals surface area contributed by atoms with Crippen LogP contribution in [-0.2, 0) is 33.4 Å². The Hall–Kier alpha value is -1.22. The molecule has 21 heavy (non-hydrogen) atoms. The highest BCUT2D eigenvalue weighted by molar-refractivity contribution is 5.85. The van der Waals surface area contributed by atoms with Crippen LogP contribution in [0.5, 0.6) is 0 Å². The molecule has 3 aliphatic rings. The molecule has 0 N–H and O–H groups in total. The van der Waals surface area contributed by atoms with Crippen molar-refractivity contribution in [1.29, 1.82) is 0 Å². The molecule has 3 aliphatic heterocycles. The van der Waals surface area contributed by atoms with Crippen molar-refractivity contribution in [2.24, 2.45) is 5.92 Å². The highest BCUT2D eigenvalue weighted by atomic mass is 16.8. The molecule has 0 spiro atoms. The lowest BCUT2D eigenvalue weighted by molar-refractivity contribution is -0.209. The van der Waals surface area contributed by atoms with Gasteiger partial charge in [-0.25, -0.2) is 4.79 Å². The third kappa shape index (κ3) is 2.22. The van der Waals surface area contributed by atoms with E-state index in [1.54, 1.807) is 5.06 Å². The lowest BCUT2D eigenvalue weighted by Gasteiger charge is -2.24. The van der Waals surface area contributed by atoms with Gasteiger partial charge in [-0.05, 0) is 13.8 Å². The predicted octanol–water partition coefficient (Wildman–Crippen LogP) is -0.533. The van der Waals surface area contributed by atoms with Crippen LogP contribution in [-0.4, -0.2) is 67.9 Å². The second kappa shape index (κ2) is 4.91. The van der Waals surface area contributed by atoms with Crippen molar-refractivity contribution in [2.45, 2.75) is 44.0 Å². The van der Waals surface area contributed by atoms with E-state index < -0.39 is 35.8 Å². The Morgan fingerprint density at radius 2 is 1.81 bits per heavy atom. The fourth-order valence-corrected chi connectivity index (χ4v) is 3.35. The Bertz CT molecular complexity index is 465. The largest absolute Gasteiger partial charge is 0.469 e. The first-order chi connectivity index (χ1) is 9.88. The molecule has 8 heteroatoms. The van der Waals surface area contributed by atoms with Gasteiger partial charge in [-0.2, -0.15) is 5.06 Å². The van der Waals surface area contributed by atoms with Crippen LogP contribution in [0.3, 0.4) is 0 Å². The minimum atomic E-state index is -1.01. The van der Waals surface area contributed by atoms with Crippen LogP contribution in [0.25, 0.3) is 0 Å². The minimum absolute atomic E-state index is 0.198. The van der Waals surface area contributed by atoms with Crippen molar-refractivity contribution in [2.75, 3.05) is 20.8 Å². The van der Waals surface area contributed by atoms with Crippen molar-refractivity contribution < 1.29 is 33.4 Å². The summed E-state index contributed by atoms with van der Waals surface area (Å²) in [7, 11) is 2.53. The van der Waals surface area contributed by atoms with Gasteiger partial charge in [-0.15, -0.1) is 0 Å². The summed E-state index contributed by atoms with van der Waals surface area (Å²) in [6.45, 7) is 4.06. The monoisotopic (exact) mass is 301 g/mol. The van der Waals surface area contributed by atoms with Crippen LogP contribution in [0.1, 0.15) is 13.8 Å². The Balaban J connectivity index is 1.88. The highest BCUT2D eigenvalue weighted by Crippen LogP contribution is 2.44. The van der Waals surface area contributed by atoms with Crippen LogP contribution >= 0.6 is 0 Å². The Kier molecular flexibility index (Phi) is 3.44. The molecule has 0 unspecified atom stereocenters. The number of nitrogens with zero attached hydrogens (tertiary/aromatic N) is 1. The summed E-state index contributed by atoms with van der Waals surface area (Å²) in [5, 5.41) is 1.58. The average Bonchev–Trinajstić information content (AvgIpc) is 3.02. The van der Waals surface area contributed by atoms with E-state index in [0.29, 0.717) is 6.54 Å². The van der Waals surface area contributed by atoms with Crippen LogP contribution in [0.4, 0.5) is 0 Å². The molecule has 0 bridgehead atoms. The first-order valence-electron chi connectivity index (χ1n) is 6.82. The van der Waals surface area contributed by atoms with E-state index in [0.717, 1.165) is 0 Å². The van der Waals surface area contributed by atoms with Crippen LogP contribution in [0, 0.1) is 5.92 Å². The number of fused-ring (bicyclic) bond motifs is 3. The molecule has 3 fully saturated rings. The third-order valence-electron chi connectivity index (χ3n) is 4.10. The molecule has 0 aromatic heterocycles. The Morgan fingerprint density at radius 1 is 1.14 bits per heavy atom. The fraction of sp³-hybridized carbons (Fsp3) is 0.846. The molecule has 5 atom stereocenters. The number of hydroxylamine groups is 2. The fourth-order valence-electron chi connectivity index (χ4n) is 3.35. The highest BCUT2D eigenvalue weighted by Gasteiger charge is 2.64. The number of hydrogen-bond donors (Lipinski definition) is 0. The first-order valence-corrected chi connectivity index (χ1v) is 6.82. The van der Waals surface area contributed by atoms with Crippen LogP contribution in [0.2, 0.25) is 0 Å². The molecule has 3 heterocycles. The summed E-state index contributed by atoms with van der Waals surface area (Å²) in [4.78, 5) is 29.5. The Labute approximate surface area is 122 Å². The smallest absolute Gasteiger partial charge is 0.338 e. The van der Waals surface area contributed by atoms with Crippen LogP contribution < -0.4 is 0 Å². The summed E-state index contributed by atoms with van der Waals surface area (Å²) < 4.78 is 21.2. The summed E-state index contributed by atoms with van der Waals surface area (Å²) in [6.07, 6.45) is -1.56. The van der Waals surface area contributed by atoms with Gasteiger partial charge >= 0.3 is 11.9 Å². The zero-order valence-electron chi connectivity index (χ0n) is 12.4. The lowest BCUT2D eigenvalue weighted by Crippen LogP contribution is -2.44. The average molecular weight is 301 g/mol. The molecule has 0 aliphatic carbocycles. The second-order valence-electron chi connectivity index (χ2n) is 5.83. The SMILES string of the molecule is COC(=O)[C@H]1[C@H]2[C@@H]3OC(C)(C)O[C@@H]3CN2O[C@H]1C(=O)OC. The van der Waals surface area contributed by atoms with E-state index in [1.165, 1.54) is 14.2 Å². The molecule has 0 aromatic rings. The summed E-state index contributed by atoms with van der Waals surface area (Å²) in [5.74, 6) is -2.64. The van der Waals surface area contributed by atoms with Gasteiger partial charge in [0.05, 0.1) is 26.8 Å². The quantitative estimate of drug-likeness (QED) is 0.629. The number of carbonyl (C=O) groups excluding carboxylic acids is 2. The number of ether oxygens (including phenoxy) is 4. The molecular formula is C13H19NO7. The number of carbonyl (C=O) groups is 2. The standard InChI is InChI=1S/C13H19NO7/c1-13(2)19-6-5-14-8(9(6)20-13)7(11(15)17-3)10(21-14)12(16)18-4/h6-10H,5H2,1-4H3/t6-,7+,8+,9-,10-/m1/s1. The number of esters is 2. The summed E-state index contributed by atoms with van der Waals surface area (Å²) >= 11 is 0. The third-order valence-corrected chi connectivity index (χ3v) is 4.10. The van der Waals surface area contributed by atoms with Crippen molar-refractivity contribution in [3.05, 3.63) is 0 Å². The van der Waals surface area contributed by atoms with Gasteiger partial charge in [0.15, 0.2) is 11.9 Å². The van der Waals surface area contributed by atoms with E-state index in [1.807, 2.05) is 13.8 Å². The zero-order valence-corrected chi connectivity index (χ0v) is 12.4. The molecule has 118 valence electrons. The van der Waals surface area contributed by atoms with E-state index >= 15 is 0 Å². The zero-order chi connectivity index (χ0) is 15.4. The van der Waals surface area contributed by atoms with E-state index in [2.05, 4.69) is 0 Å². The van der Waals surface area contributed by atoms with Crippen molar-refractivity contribution >= 4 is 11.9 Å². The van der Waals surface area contributed by atoms with Gasteiger partial charge in [0.1, 0.15) is 18.1 Å².